The standard InChI is InChI=1S/C12H21NO2/c1-12(2,3)15-8-11(14)13-7-9-4-5-10(13)6-9/h9-10H,4-8H2,1-3H3. The highest BCUT2D eigenvalue weighted by atomic mass is 16.5. The summed E-state index contributed by atoms with van der Waals surface area (Å²) in [5, 5.41) is 0. The molecular formula is C12H21NO2. The third-order valence-electron chi connectivity index (χ3n) is 3.36. The number of piperidine rings is 1. The molecule has 3 nitrogen and oxygen atoms in total. The maximum absolute atomic E-state index is 11.9. The van der Waals surface area contributed by atoms with Gasteiger partial charge in [0.1, 0.15) is 6.61 Å². The van der Waals surface area contributed by atoms with Crippen LogP contribution in [-0.2, 0) is 9.53 Å². The number of rotatable bonds is 2. The van der Waals surface area contributed by atoms with Gasteiger partial charge in [0.2, 0.25) is 5.91 Å². The summed E-state index contributed by atoms with van der Waals surface area (Å²) in [7, 11) is 0. The Morgan fingerprint density at radius 3 is 2.60 bits per heavy atom. The highest BCUT2D eigenvalue weighted by molar-refractivity contribution is 5.78. The van der Waals surface area contributed by atoms with E-state index in [-0.39, 0.29) is 18.1 Å². The molecule has 3 heteroatoms. The molecule has 0 spiro atoms. The van der Waals surface area contributed by atoms with E-state index in [9.17, 15) is 4.79 Å². The van der Waals surface area contributed by atoms with Crippen molar-refractivity contribution in [2.45, 2.75) is 51.7 Å². The van der Waals surface area contributed by atoms with Crippen molar-refractivity contribution in [3.05, 3.63) is 0 Å². The Balaban J connectivity index is 1.82. The predicted molar refractivity (Wildman–Crippen MR) is 58.5 cm³/mol. The second-order valence-corrected chi connectivity index (χ2v) is 5.78. The van der Waals surface area contributed by atoms with E-state index in [4.69, 9.17) is 4.74 Å². The molecule has 1 heterocycles. The van der Waals surface area contributed by atoms with Crippen molar-refractivity contribution < 1.29 is 9.53 Å². The van der Waals surface area contributed by atoms with Gasteiger partial charge < -0.3 is 9.64 Å². The van der Waals surface area contributed by atoms with Crippen molar-refractivity contribution >= 4 is 5.91 Å². The molecule has 0 aromatic rings. The molecule has 15 heavy (non-hydrogen) atoms. The first kappa shape index (κ1) is 10.9. The molecular weight excluding hydrogens is 190 g/mol. The highest BCUT2D eigenvalue weighted by Gasteiger charge is 2.40. The van der Waals surface area contributed by atoms with Gasteiger partial charge in [0.05, 0.1) is 5.60 Å². The topological polar surface area (TPSA) is 29.5 Å². The molecule has 1 saturated carbocycles. The Bertz CT molecular complexity index is 257. The Kier molecular flexibility index (Phi) is 2.75. The van der Waals surface area contributed by atoms with Crippen LogP contribution >= 0.6 is 0 Å². The normalized spacial score (nSPS) is 29.9. The Morgan fingerprint density at radius 2 is 2.13 bits per heavy atom. The number of nitrogens with zero attached hydrogens (tertiary/aromatic N) is 1. The van der Waals surface area contributed by atoms with E-state index in [2.05, 4.69) is 0 Å². The SMILES string of the molecule is CC(C)(C)OCC(=O)N1CC2CCC1C2. The summed E-state index contributed by atoms with van der Waals surface area (Å²) in [6.45, 7) is 7.16. The van der Waals surface area contributed by atoms with E-state index in [1.807, 2.05) is 25.7 Å². The molecule has 2 fully saturated rings. The lowest BCUT2D eigenvalue weighted by Crippen LogP contribution is -2.41. The third-order valence-corrected chi connectivity index (χ3v) is 3.36. The molecule has 1 saturated heterocycles. The fraction of sp³-hybridized carbons (Fsp3) is 0.917. The van der Waals surface area contributed by atoms with Crippen LogP contribution in [0, 0.1) is 5.92 Å². The molecule has 86 valence electrons. The van der Waals surface area contributed by atoms with Crippen LogP contribution in [0.5, 0.6) is 0 Å². The second kappa shape index (κ2) is 3.78. The second-order valence-electron chi connectivity index (χ2n) is 5.78. The molecule has 1 aliphatic carbocycles. The van der Waals surface area contributed by atoms with E-state index in [1.54, 1.807) is 0 Å². The zero-order valence-electron chi connectivity index (χ0n) is 9.95. The number of ether oxygens (including phenoxy) is 1. The fourth-order valence-electron chi connectivity index (χ4n) is 2.59. The van der Waals surface area contributed by atoms with Crippen molar-refractivity contribution in [3.63, 3.8) is 0 Å². The smallest absolute Gasteiger partial charge is 0.248 e. The van der Waals surface area contributed by atoms with Crippen LogP contribution in [0.2, 0.25) is 0 Å². The highest BCUT2D eigenvalue weighted by Crippen LogP contribution is 2.37. The van der Waals surface area contributed by atoms with E-state index in [0.717, 1.165) is 12.5 Å². The summed E-state index contributed by atoms with van der Waals surface area (Å²) in [5.74, 6) is 0.950. The number of likely N-dealkylation sites (tertiary alicyclic amines) is 1. The van der Waals surface area contributed by atoms with Crippen LogP contribution in [0.1, 0.15) is 40.0 Å². The van der Waals surface area contributed by atoms with Gasteiger partial charge in [-0.25, -0.2) is 0 Å². The molecule has 0 N–H and O–H groups in total. The van der Waals surface area contributed by atoms with E-state index in [0.29, 0.717) is 6.04 Å². The number of hydrogen-bond acceptors (Lipinski definition) is 2. The molecule has 2 bridgehead atoms. The average molecular weight is 211 g/mol. The maximum atomic E-state index is 11.9. The molecule has 0 aromatic carbocycles. The molecule has 2 atom stereocenters. The molecule has 1 aliphatic heterocycles. The minimum absolute atomic E-state index is 0.178. The summed E-state index contributed by atoms with van der Waals surface area (Å²) in [5.41, 5.74) is -0.214. The van der Waals surface area contributed by atoms with Gasteiger partial charge in [-0.2, -0.15) is 0 Å². The van der Waals surface area contributed by atoms with E-state index in [1.165, 1.54) is 19.3 Å². The lowest BCUT2D eigenvalue weighted by molar-refractivity contribution is -0.142. The van der Waals surface area contributed by atoms with Gasteiger partial charge in [-0.05, 0) is 46.0 Å². The van der Waals surface area contributed by atoms with Crippen LogP contribution in [0.15, 0.2) is 0 Å². The van der Waals surface area contributed by atoms with Crippen LogP contribution in [0.3, 0.4) is 0 Å². The van der Waals surface area contributed by atoms with E-state index < -0.39 is 0 Å². The van der Waals surface area contributed by atoms with Gasteiger partial charge in [-0.3, -0.25) is 4.79 Å². The van der Waals surface area contributed by atoms with Crippen LogP contribution in [-0.4, -0.2) is 35.6 Å². The van der Waals surface area contributed by atoms with Crippen LogP contribution in [0.4, 0.5) is 0 Å². The first-order valence-electron chi connectivity index (χ1n) is 5.89. The minimum Gasteiger partial charge on any atom is -0.366 e. The molecule has 2 unspecified atom stereocenters. The van der Waals surface area contributed by atoms with Gasteiger partial charge >= 0.3 is 0 Å². The van der Waals surface area contributed by atoms with Gasteiger partial charge in [0, 0.05) is 12.6 Å². The lowest BCUT2D eigenvalue weighted by atomic mass is 10.1. The Labute approximate surface area is 91.8 Å². The first-order chi connectivity index (χ1) is 6.96. The van der Waals surface area contributed by atoms with Gasteiger partial charge in [-0.15, -0.1) is 0 Å². The summed E-state index contributed by atoms with van der Waals surface area (Å²) < 4.78 is 5.52. The van der Waals surface area contributed by atoms with Crippen molar-refractivity contribution in [3.8, 4) is 0 Å². The first-order valence-corrected chi connectivity index (χ1v) is 5.89. The molecule has 1 amide bonds. The summed E-state index contributed by atoms with van der Waals surface area (Å²) in [4.78, 5) is 13.9. The Morgan fingerprint density at radius 1 is 1.40 bits per heavy atom. The predicted octanol–water partition coefficient (Wildman–Crippen LogP) is 1.81. The third kappa shape index (κ3) is 2.51. The zero-order chi connectivity index (χ0) is 11.1. The quantitative estimate of drug-likeness (QED) is 0.697. The van der Waals surface area contributed by atoms with Crippen molar-refractivity contribution in [1.82, 2.24) is 4.90 Å². The molecule has 2 aliphatic rings. The molecule has 0 aromatic heterocycles. The largest absolute Gasteiger partial charge is 0.366 e. The van der Waals surface area contributed by atoms with Gasteiger partial charge in [-0.1, -0.05) is 0 Å². The molecule has 0 radical (unpaired) electrons. The summed E-state index contributed by atoms with van der Waals surface area (Å²) >= 11 is 0. The van der Waals surface area contributed by atoms with Crippen molar-refractivity contribution in [2.75, 3.05) is 13.2 Å². The molecule has 2 rings (SSSR count). The summed E-state index contributed by atoms with van der Waals surface area (Å²) in [6.07, 6.45) is 3.74. The van der Waals surface area contributed by atoms with E-state index >= 15 is 0 Å². The Hall–Kier alpha value is -0.570. The van der Waals surface area contributed by atoms with Crippen molar-refractivity contribution in [2.24, 2.45) is 5.92 Å². The van der Waals surface area contributed by atoms with Gasteiger partial charge in [0.25, 0.3) is 0 Å². The van der Waals surface area contributed by atoms with Gasteiger partial charge in [0.15, 0.2) is 0 Å². The number of hydrogen-bond donors (Lipinski definition) is 0. The lowest BCUT2D eigenvalue weighted by Gasteiger charge is -2.28. The van der Waals surface area contributed by atoms with Crippen molar-refractivity contribution in [1.29, 1.82) is 0 Å². The zero-order valence-corrected chi connectivity index (χ0v) is 9.95. The average Bonchev–Trinajstić information content (AvgIpc) is 2.73. The number of fused-ring (bicyclic) bond motifs is 2. The number of carbonyl (C=O) groups is 1. The number of amides is 1. The van der Waals surface area contributed by atoms with Crippen LogP contribution < -0.4 is 0 Å². The fourth-order valence-corrected chi connectivity index (χ4v) is 2.59. The van der Waals surface area contributed by atoms with Crippen LogP contribution in [0.25, 0.3) is 0 Å². The summed E-state index contributed by atoms with van der Waals surface area (Å²) in [6, 6.07) is 0.520. The maximum Gasteiger partial charge on any atom is 0.248 e. The number of carbonyl (C=O) groups excluding carboxylic acids is 1. The monoisotopic (exact) mass is 211 g/mol. The minimum atomic E-state index is -0.214.